The number of piperidine rings is 1. The van der Waals surface area contributed by atoms with E-state index < -0.39 is 12.0 Å². The van der Waals surface area contributed by atoms with Crippen LogP contribution in [-0.4, -0.2) is 71.4 Å². The standard InChI is InChI=1S/C25H28ClF2N5O3/c1-13-22(21-14(2)32-36-15(21)3)30-24(18-9-16(5-6-19(18)26)34-10-17-11-35-17)31-23(13)29-20-7-8-33(4)12-25(20,27)28/h5-6,9,17,20H,7-8,10-12H2,1-4H3,(H,29,30,31). The predicted molar refractivity (Wildman–Crippen MR) is 132 cm³/mol. The molecular weight excluding hydrogens is 492 g/mol. The maximum atomic E-state index is 14.9. The Morgan fingerprint density at radius 3 is 2.69 bits per heavy atom. The molecule has 36 heavy (non-hydrogen) atoms. The lowest BCUT2D eigenvalue weighted by atomic mass is 10.00. The number of ether oxygens (including phenoxy) is 2. The summed E-state index contributed by atoms with van der Waals surface area (Å²) < 4.78 is 46.2. The van der Waals surface area contributed by atoms with Crippen LogP contribution in [0.5, 0.6) is 5.75 Å². The van der Waals surface area contributed by atoms with Crippen molar-refractivity contribution in [2.75, 3.05) is 38.7 Å². The van der Waals surface area contributed by atoms with Gasteiger partial charge in [0.25, 0.3) is 5.92 Å². The molecule has 2 aliphatic heterocycles. The Bertz CT molecular complexity index is 1260. The van der Waals surface area contributed by atoms with Crippen molar-refractivity contribution in [2.24, 2.45) is 0 Å². The summed E-state index contributed by atoms with van der Waals surface area (Å²) in [6.07, 6.45) is 0.369. The number of aryl methyl sites for hydroxylation is 2. The van der Waals surface area contributed by atoms with Crippen LogP contribution >= 0.6 is 11.6 Å². The molecule has 2 aliphatic rings. The number of alkyl halides is 2. The second-order valence-corrected chi connectivity index (χ2v) is 9.87. The van der Waals surface area contributed by atoms with E-state index in [1.54, 1.807) is 44.0 Å². The van der Waals surface area contributed by atoms with Crippen LogP contribution < -0.4 is 10.1 Å². The Balaban J connectivity index is 1.59. The summed E-state index contributed by atoms with van der Waals surface area (Å²) in [7, 11) is 1.69. The summed E-state index contributed by atoms with van der Waals surface area (Å²) in [5.41, 5.74) is 3.03. The van der Waals surface area contributed by atoms with E-state index in [1.165, 1.54) is 0 Å². The summed E-state index contributed by atoms with van der Waals surface area (Å²) in [5, 5.41) is 7.49. The Morgan fingerprint density at radius 1 is 1.25 bits per heavy atom. The predicted octanol–water partition coefficient (Wildman–Crippen LogP) is 4.91. The summed E-state index contributed by atoms with van der Waals surface area (Å²) in [5.74, 6) is -1.16. The Kier molecular flexibility index (Phi) is 6.61. The molecule has 0 saturated carbocycles. The van der Waals surface area contributed by atoms with Crippen LogP contribution in [0, 0.1) is 20.8 Å². The zero-order chi connectivity index (χ0) is 25.6. The molecule has 8 nitrogen and oxygen atoms in total. The summed E-state index contributed by atoms with van der Waals surface area (Å²) in [6.45, 7) is 6.74. The average molecular weight is 520 g/mol. The van der Waals surface area contributed by atoms with Crippen molar-refractivity contribution in [3.8, 4) is 28.4 Å². The fraction of sp³-hybridized carbons (Fsp3) is 0.480. The topological polar surface area (TPSA) is 88.8 Å². The maximum absolute atomic E-state index is 14.9. The third-order valence-corrected chi connectivity index (χ3v) is 6.86. The number of epoxide rings is 1. The molecule has 3 aromatic rings. The minimum Gasteiger partial charge on any atom is -0.491 e. The molecule has 1 N–H and O–H groups in total. The smallest absolute Gasteiger partial charge is 0.280 e. The number of rotatable bonds is 7. The number of anilines is 1. The quantitative estimate of drug-likeness (QED) is 0.441. The number of likely N-dealkylation sites (tertiary alicyclic amines) is 1. The number of hydrogen-bond acceptors (Lipinski definition) is 8. The van der Waals surface area contributed by atoms with Gasteiger partial charge in [-0.2, -0.15) is 0 Å². The van der Waals surface area contributed by atoms with Crippen LogP contribution in [0.1, 0.15) is 23.4 Å². The van der Waals surface area contributed by atoms with E-state index in [-0.39, 0.29) is 24.9 Å². The van der Waals surface area contributed by atoms with Gasteiger partial charge in [-0.3, -0.25) is 0 Å². The lowest BCUT2D eigenvalue weighted by Crippen LogP contribution is -2.53. The zero-order valence-electron chi connectivity index (χ0n) is 20.6. The van der Waals surface area contributed by atoms with Gasteiger partial charge in [0.05, 0.1) is 41.2 Å². The van der Waals surface area contributed by atoms with Crippen LogP contribution in [0.25, 0.3) is 22.6 Å². The molecule has 0 aliphatic carbocycles. The summed E-state index contributed by atoms with van der Waals surface area (Å²) in [4.78, 5) is 11.1. The van der Waals surface area contributed by atoms with Gasteiger partial charge in [0.15, 0.2) is 5.82 Å². The second kappa shape index (κ2) is 9.57. The van der Waals surface area contributed by atoms with Crippen molar-refractivity contribution in [3.05, 3.63) is 40.2 Å². The van der Waals surface area contributed by atoms with Crippen LogP contribution in [0.2, 0.25) is 5.02 Å². The van der Waals surface area contributed by atoms with Crippen molar-refractivity contribution in [2.45, 2.75) is 45.3 Å². The number of nitrogens with zero attached hydrogens (tertiary/aromatic N) is 4. The van der Waals surface area contributed by atoms with Crippen molar-refractivity contribution < 1.29 is 22.8 Å². The minimum absolute atomic E-state index is 0.0953. The molecule has 192 valence electrons. The molecule has 2 saturated heterocycles. The van der Waals surface area contributed by atoms with Crippen LogP contribution in [0.4, 0.5) is 14.6 Å². The molecule has 0 bridgehead atoms. The molecule has 0 amide bonds. The highest BCUT2D eigenvalue weighted by atomic mass is 35.5. The van der Waals surface area contributed by atoms with Gasteiger partial charge in [-0.15, -0.1) is 0 Å². The van der Waals surface area contributed by atoms with E-state index in [0.717, 1.165) is 0 Å². The molecule has 2 fully saturated rings. The van der Waals surface area contributed by atoms with Crippen LogP contribution in [0.15, 0.2) is 22.7 Å². The lowest BCUT2D eigenvalue weighted by molar-refractivity contribution is -0.0674. The molecule has 4 heterocycles. The van der Waals surface area contributed by atoms with Gasteiger partial charge in [-0.25, -0.2) is 18.7 Å². The van der Waals surface area contributed by atoms with Crippen molar-refractivity contribution >= 4 is 17.4 Å². The highest BCUT2D eigenvalue weighted by Crippen LogP contribution is 2.37. The SMILES string of the molecule is Cc1noc(C)c1-c1nc(-c2cc(OCC3CO3)ccc2Cl)nc(NC2CCN(C)CC2(F)F)c1C. The van der Waals surface area contributed by atoms with Crippen molar-refractivity contribution in [1.29, 1.82) is 0 Å². The molecule has 0 spiro atoms. The average Bonchev–Trinajstić information content (AvgIpc) is 3.59. The Hall–Kier alpha value is -2.82. The summed E-state index contributed by atoms with van der Waals surface area (Å²) >= 11 is 6.55. The fourth-order valence-electron chi connectivity index (χ4n) is 4.41. The summed E-state index contributed by atoms with van der Waals surface area (Å²) in [6, 6.07) is 4.14. The van der Waals surface area contributed by atoms with Gasteiger partial charge < -0.3 is 24.2 Å². The van der Waals surface area contributed by atoms with E-state index in [2.05, 4.69) is 15.5 Å². The van der Waals surface area contributed by atoms with E-state index in [1.807, 2.05) is 6.92 Å². The molecular formula is C25H28ClF2N5O3. The number of nitrogens with one attached hydrogen (secondary N) is 1. The first-order chi connectivity index (χ1) is 17.1. The first-order valence-corrected chi connectivity index (χ1v) is 12.2. The number of benzene rings is 1. The molecule has 11 heteroatoms. The fourth-order valence-corrected chi connectivity index (χ4v) is 4.62. The Labute approximate surface area is 212 Å². The van der Waals surface area contributed by atoms with Gasteiger partial charge in [-0.05, 0) is 52.4 Å². The van der Waals surface area contributed by atoms with Gasteiger partial charge in [0.1, 0.15) is 30.0 Å². The maximum Gasteiger partial charge on any atom is 0.280 e. The van der Waals surface area contributed by atoms with E-state index in [9.17, 15) is 8.78 Å². The van der Waals surface area contributed by atoms with E-state index in [4.69, 9.17) is 30.6 Å². The molecule has 5 rings (SSSR count). The highest BCUT2D eigenvalue weighted by Gasteiger charge is 2.44. The number of hydrogen-bond donors (Lipinski definition) is 1. The second-order valence-electron chi connectivity index (χ2n) is 9.46. The lowest BCUT2D eigenvalue weighted by Gasteiger charge is -2.37. The highest BCUT2D eigenvalue weighted by molar-refractivity contribution is 6.33. The van der Waals surface area contributed by atoms with Gasteiger partial charge >= 0.3 is 0 Å². The Morgan fingerprint density at radius 2 is 2.03 bits per heavy atom. The third kappa shape index (κ3) is 5.02. The van der Waals surface area contributed by atoms with Gasteiger partial charge in [-0.1, -0.05) is 16.8 Å². The first-order valence-electron chi connectivity index (χ1n) is 11.8. The van der Waals surface area contributed by atoms with Crippen LogP contribution in [-0.2, 0) is 4.74 Å². The molecule has 2 atom stereocenters. The molecule has 2 unspecified atom stereocenters. The van der Waals surface area contributed by atoms with Gasteiger partial charge in [0.2, 0.25) is 0 Å². The number of aromatic nitrogens is 3. The first kappa shape index (κ1) is 24.9. The minimum atomic E-state index is -2.93. The normalized spacial score (nSPS) is 21.4. The zero-order valence-corrected chi connectivity index (χ0v) is 21.3. The molecule has 2 aromatic heterocycles. The number of halogens is 3. The third-order valence-electron chi connectivity index (χ3n) is 6.53. The largest absolute Gasteiger partial charge is 0.491 e. The van der Waals surface area contributed by atoms with Crippen molar-refractivity contribution in [3.63, 3.8) is 0 Å². The van der Waals surface area contributed by atoms with Crippen LogP contribution in [0.3, 0.4) is 0 Å². The molecule has 0 radical (unpaired) electrons. The van der Waals surface area contributed by atoms with Gasteiger partial charge in [0, 0.05) is 17.7 Å². The van der Waals surface area contributed by atoms with E-state index >= 15 is 0 Å². The van der Waals surface area contributed by atoms with E-state index in [0.29, 0.717) is 70.2 Å². The molecule has 1 aromatic carbocycles. The monoisotopic (exact) mass is 519 g/mol. The van der Waals surface area contributed by atoms with Crippen molar-refractivity contribution in [1.82, 2.24) is 20.0 Å².